The van der Waals surface area contributed by atoms with Gasteiger partial charge in [-0.25, -0.2) is 0 Å². The minimum atomic E-state index is -0.407. The number of methoxy groups -OCH3 is 1. The topological polar surface area (TPSA) is 74.7 Å². The first-order valence-electron chi connectivity index (χ1n) is 11.2. The molecule has 0 saturated carbocycles. The van der Waals surface area contributed by atoms with Crippen LogP contribution in [0.5, 0.6) is 0 Å². The molecule has 2 aliphatic rings. The zero-order chi connectivity index (χ0) is 22.1. The summed E-state index contributed by atoms with van der Waals surface area (Å²) in [5, 5.41) is 10.6. The number of carbonyl (C=O) groups is 1. The number of nitrogens with zero attached hydrogens (tertiary/aromatic N) is 3. The Kier molecular flexibility index (Phi) is 9.70. The number of carbonyl (C=O) groups excluding carboxylic acids is 1. The van der Waals surface area contributed by atoms with Crippen molar-refractivity contribution in [3.8, 4) is 0 Å². The molecule has 2 atom stereocenters. The Morgan fingerprint density at radius 3 is 2.55 bits per heavy atom. The molecule has 1 aromatic carbocycles. The van der Waals surface area contributed by atoms with Crippen LogP contribution in [-0.2, 0) is 14.2 Å². The van der Waals surface area contributed by atoms with Gasteiger partial charge >= 0.3 is 0 Å². The molecule has 1 amide bonds. The maximum atomic E-state index is 13.1. The number of benzene rings is 1. The summed E-state index contributed by atoms with van der Waals surface area (Å²) in [6, 6.07) is 7.65. The van der Waals surface area contributed by atoms with E-state index in [1.165, 1.54) is 0 Å². The van der Waals surface area contributed by atoms with Gasteiger partial charge in [-0.2, -0.15) is 0 Å². The molecule has 8 nitrogen and oxygen atoms in total. The van der Waals surface area contributed by atoms with Gasteiger partial charge in [-0.1, -0.05) is 17.7 Å². The van der Waals surface area contributed by atoms with Gasteiger partial charge in [0.05, 0.1) is 38.6 Å². The molecule has 2 fully saturated rings. The van der Waals surface area contributed by atoms with E-state index in [9.17, 15) is 9.90 Å². The Morgan fingerprint density at radius 1 is 1.16 bits per heavy atom. The number of β-amino-alcohol motifs (C(OH)–C–C–N with tert-alkyl or cyclic N) is 1. The van der Waals surface area contributed by atoms with Crippen LogP contribution in [0.25, 0.3) is 0 Å². The molecule has 2 unspecified atom stereocenters. The Labute approximate surface area is 185 Å². The monoisotopic (exact) mass is 435 g/mol. The van der Waals surface area contributed by atoms with Crippen LogP contribution in [-0.4, -0.2) is 124 Å². The summed E-state index contributed by atoms with van der Waals surface area (Å²) in [4.78, 5) is 19.4. The minimum absolute atomic E-state index is 0.00914. The van der Waals surface area contributed by atoms with Crippen molar-refractivity contribution in [1.82, 2.24) is 14.7 Å². The van der Waals surface area contributed by atoms with E-state index in [0.29, 0.717) is 51.5 Å². The molecule has 1 aromatic rings. The SMILES string of the molecule is COCCN(CC1CN(CC(O)CN2CCOCC2)CCO1)C(=O)c1ccc(C)cc1. The van der Waals surface area contributed by atoms with Crippen LogP contribution in [0.15, 0.2) is 24.3 Å². The van der Waals surface area contributed by atoms with Crippen LogP contribution >= 0.6 is 0 Å². The van der Waals surface area contributed by atoms with Crippen molar-refractivity contribution >= 4 is 5.91 Å². The van der Waals surface area contributed by atoms with Gasteiger partial charge in [-0.3, -0.25) is 14.6 Å². The van der Waals surface area contributed by atoms with Gasteiger partial charge in [0.2, 0.25) is 0 Å². The lowest BCUT2D eigenvalue weighted by Gasteiger charge is -2.37. The quantitative estimate of drug-likeness (QED) is 0.573. The molecule has 0 radical (unpaired) electrons. The number of hydrogen-bond acceptors (Lipinski definition) is 7. The average molecular weight is 436 g/mol. The predicted octanol–water partition coefficient (Wildman–Crippen LogP) is 0.478. The molecular weight excluding hydrogens is 398 g/mol. The number of aliphatic hydroxyl groups is 1. The zero-order valence-electron chi connectivity index (χ0n) is 18.9. The summed E-state index contributed by atoms with van der Waals surface area (Å²) in [5.74, 6) is -0.00914. The maximum absolute atomic E-state index is 13.1. The van der Waals surface area contributed by atoms with E-state index in [0.717, 1.165) is 38.4 Å². The lowest BCUT2D eigenvalue weighted by molar-refractivity contribution is -0.0564. The first kappa shape index (κ1) is 24.1. The van der Waals surface area contributed by atoms with Gasteiger partial charge in [-0.15, -0.1) is 0 Å². The molecule has 0 bridgehead atoms. The fourth-order valence-electron chi connectivity index (χ4n) is 4.10. The van der Waals surface area contributed by atoms with Crippen LogP contribution in [0.2, 0.25) is 0 Å². The maximum Gasteiger partial charge on any atom is 0.254 e. The Morgan fingerprint density at radius 2 is 1.84 bits per heavy atom. The van der Waals surface area contributed by atoms with E-state index in [4.69, 9.17) is 14.2 Å². The molecule has 0 aromatic heterocycles. The summed E-state index contributed by atoms with van der Waals surface area (Å²) >= 11 is 0. The molecule has 2 heterocycles. The number of aryl methyl sites for hydroxylation is 1. The normalized spacial score (nSPS) is 21.7. The van der Waals surface area contributed by atoms with Gasteiger partial charge in [-0.05, 0) is 19.1 Å². The molecule has 31 heavy (non-hydrogen) atoms. The van der Waals surface area contributed by atoms with Crippen molar-refractivity contribution in [3.05, 3.63) is 35.4 Å². The van der Waals surface area contributed by atoms with Gasteiger partial charge < -0.3 is 24.2 Å². The van der Waals surface area contributed by atoms with E-state index in [1.54, 1.807) is 7.11 Å². The zero-order valence-corrected chi connectivity index (χ0v) is 18.9. The second-order valence-electron chi connectivity index (χ2n) is 8.43. The minimum Gasteiger partial charge on any atom is -0.390 e. The van der Waals surface area contributed by atoms with E-state index >= 15 is 0 Å². The highest BCUT2D eigenvalue weighted by atomic mass is 16.5. The second-order valence-corrected chi connectivity index (χ2v) is 8.43. The van der Waals surface area contributed by atoms with Crippen molar-refractivity contribution in [1.29, 1.82) is 0 Å². The van der Waals surface area contributed by atoms with Crippen molar-refractivity contribution in [2.24, 2.45) is 0 Å². The van der Waals surface area contributed by atoms with Crippen LogP contribution in [0.3, 0.4) is 0 Å². The summed E-state index contributed by atoms with van der Waals surface area (Å²) in [6.07, 6.45) is -0.494. The molecule has 2 saturated heterocycles. The smallest absolute Gasteiger partial charge is 0.254 e. The van der Waals surface area contributed by atoms with E-state index in [2.05, 4.69) is 9.80 Å². The highest BCUT2D eigenvalue weighted by molar-refractivity contribution is 5.94. The number of rotatable bonds is 10. The van der Waals surface area contributed by atoms with Gasteiger partial charge in [0.15, 0.2) is 0 Å². The first-order chi connectivity index (χ1) is 15.0. The molecular formula is C23H37N3O5. The highest BCUT2D eigenvalue weighted by Crippen LogP contribution is 2.12. The first-order valence-corrected chi connectivity index (χ1v) is 11.2. The third kappa shape index (κ3) is 7.82. The summed E-state index contributed by atoms with van der Waals surface area (Å²) in [6.45, 7) is 10.1. The number of hydrogen-bond donors (Lipinski definition) is 1. The summed E-state index contributed by atoms with van der Waals surface area (Å²) < 4.78 is 16.6. The average Bonchev–Trinajstić information content (AvgIpc) is 2.77. The Balaban J connectivity index is 1.52. The van der Waals surface area contributed by atoms with Crippen LogP contribution in [0.4, 0.5) is 0 Å². The summed E-state index contributed by atoms with van der Waals surface area (Å²) in [7, 11) is 1.64. The molecule has 1 N–H and O–H groups in total. The third-order valence-corrected chi connectivity index (χ3v) is 5.84. The van der Waals surface area contributed by atoms with Gasteiger partial charge in [0, 0.05) is 65.0 Å². The number of amides is 1. The molecule has 3 rings (SSSR count). The van der Waals surface area contributed by atoms with E-state index in [1.807, 2.05) is 36.1 Å². The van der Waals surface area contributed by atoms with Crippen molar-refractivity contribution in [2.75, 3.05) is 85.9 Å². The number of morpholine rings is 2. The summed E-state index contributed by atoms with van der Waals surface area (Å²) in [5.41, 5.74) is 1.80. The van der Waals surface area contributed by atoms with Crippen LogP contribution in [0.1, 0.15) is 15.9 Å². The molecule has 0 aliphatic carbocycles. The standard InChI is InChI=1S/C23H37N3O5/c1-19-3-5-20(6-4-19)23(28)26(10-11-29-2)18-22-17-25(9-14-31-22)16-21(27)15-24-7-12-30-13-8-24/h3-6,21-22,27H,7-18H2,1-2H3. The largest absolute Gasteiger partial charge is 0.390 e. The molecule has 0 spiro atoms. The third-order valence-electron chi connectivity index (χ3n) is 5.84. The van der Waals surface area contributed by atoms with Gasteiger partial charge in [0.1, 0.15) is 0 Å². The second kappa shape index (κ2) is 12.5. The lowest BCUT2D eigenvalue weighted by atomic mass is 10.1. The van der Waals surface area contributed by atoms with Gasteiger partial charge in [0.25, 0.3) is 5.91 Å². The molecule has 174 valence electrons. The van der Waals surface area contributed by atoms with Crippen molar-refractivity contribution < 1.29 is 24.1 Å². The van der Waals surface area contributed by atoms with Crippen LogP contribution in [0, 0.1) is 6.92 Å². The van der Waals surface area contributed by atoms with E-state index in [-0.39, 0.29) is 12.0 Å². The van der Waals surface area contributed by atoms with Crippen molar-refractivity contribution in [2.45, 2.75) is 19.1 Å². The molecule has 2 aliphatic heterocycles. The van der Waals surface area contributed by atoms with Crippen LogP contribution < -0.4 is 0 Å². The van der Waals surface area contributed by atoms with Crippen molar-refractivity contribution in [3.63, 3.8) is 0 Å². The Bertz CT molecular complexity index is 666. The number of aliphatic hydroxyl groups excluding tert-OH is 1. The predicted molar refractivity (Wildman–Crippen MR) is 118 cm³/mol. The lowest BCUT2D eigenvalue weighted by Crippen LogP contribution is -2.52. The molecule has 8 heteroatoms. The van der Waals surface area contributed by atoms with E-state index < -0.39 is 6.10 Å². The fourth-order valence-corrected chi connectivity index (χ4v) is 4.10. The highest BCUT2D eigenvalue weighted by Gasteiger charge is 2.27. The Hall–Kier alpha value is -1.55. The fraction of sp³-hybridized carbons (Fsp3) is 0.696. The number of ether oxygens (including phenoxy) is 3.